The molecule has 1 N–H and O–H groups in total. The van der Waals surface area contributed by atoms with Crippen LogP contribution in [0.3, 0.4) is 0 Å². The molecule has 0 atom stereocenters. The Morgan fingerprint density at radius 1 is 1.21 bits per heavy atom. The zero-order chi connectivity index (χ0) is 19.7. The monoisotopic (exact) mass is 382 g/mol. The smallest absolute Gasteiger partial charge is 0.302 e. The van der Waals surface area contributed by atoms with Crippen LogP contribution in [0.4, 0.5) is 6.01 Å². The van der Waals surface area contributed by atoms with E-state index < -0.39 is 5.91 Å². The Labute approximate surface area is 160 Å². The van der Waals surface area contributed by atoms with Gasteiger partial charge in [0.25, 0.3) is 11.8 Å². The van der Waals surface area contributed by atoms with Crippen molar-refractivity contribution in [2.75, 3.05) is 19.0 Å². The number of oxazole rings is 1. The molecule has 0 bridgehead atoms. The minimum Gasteiger partial charge on any atom is -0.497 e. The lowest BCUT2D eigenvalue weighted by Gasteiger charge is -2.28. The van der Waals surface area contributed by atoms with E-state index >= 15 is 0 Å². The molecule has 3 heterocycles. The van der Waals surface area contributed by atoms with E-state index in [-0.39, 0.29) is 23.3 Å². The highest BCUT2D eigenvalue weighted by Gasteiger charge is 2.25. The molecule has 1 aliphatic rings. The maximum absolute atomic E-state index is 12.7. The second-order valence-electron chi connectivity index (χ2n) is 6.43. The van der Waals surface area contributed by atoms with Crippen molar-refractivity contribution < 1.29 is 23.3 Å². The van der Waals surface area contributed by atoms with E-state index in [1.165, 1.54) is 17.9 Å². The van der Waals surface area contributed by atoms with Crippen LogP contribution in [0.25, 0.3) is 0 Å². The Morgan fingerprint density at radius 2 is 2.07 bits per heavy atom. The van der Waals surface area contributed by atoms with E-state index in [0.717, 1.165) is 17.7 Å². The van der Waals surface area contributed by atoms with Gasteiger partial charge in [-0.15, -0.1) is 0 Å². The molecule has 3 aromatic rings. The van der Waals surface area contributed by atoms with Gasteiger partial charge in [-0.3, -0.25) is 14.9 Å². The zero-order valence-electron chi connectivity index (χ0n) is 15.4. The third kappa shape index (κ3) is 3.46. The molecule has 0 unspecified atom stereocenters. The number of amides is 2. The number of aryl methyl sites for hydroxylation is 1. The first kappa shape index (κ1) is 17.8. The normalized spacial score (nSPS) is 13.1. The third-order valence-corrected chi connectivity index (χ3v) is 4.52. The van der Waals surface area contributed by atoms with Crippen molar-refractivity contribution in [3.63, 3.8) is 0 Å². The molecule has 1 aromatic carbocycles. The van der Waals surface area contributed by atoms with Gasteiger partial charge in [0.05, 0.1) is 7.11 Å². The minimum absolute atomic E-state index is 0.0730. The van der Waals surface area contributed by atoms with Crippen LogP contribution in [0.2, 0.25) is 0 Å². The number of carbonyl (C=O) groups is 2. The molecule has 0 aliphatic carbocycles. The number of rotatable bonds is 4. The molecule has 144 valence electrons. The van der Waals surface area contributed by atoms with E-state index in [2.05, 4.69) is 15.5 Å². The fourth-order valence-electron chi connectivity index (χ4n) is 3.06. The SMILES string of the molecule is COc1ccc2c(c1)CCN(C(=O)c1coc(NC(=O)c3cc(C)on3)n1)C2. The van der Waals surface area contributed by atoms with Gasteiger partial charge in [0.2, 0.25) is 0 Å². The second kappa shape index (κ2) is 7.18. The summed E-state index contributed by atoms with van der Waals surface area (Å²) >= 11 is 0. The van der Waals surface area contributed by atoms with Crippen molar-refractivity contribution in [1.29, 1.82) is 0 Å². The fourth-order valence-corrected chi connectivity index (χ4v) is 3.06. The van der Waals surface area contributed by atoms with Crippen LogP contribution in [-0.2, 0) is 13.0 Å². The van der Waals surface area contributed by atoms with Gasteiger partial charge in [-0.1, -0.05) is 11.2 Å². The van der Waals surface area contributed by atoms with E-state index in [4.69, 9.17) is 13.7 Å². The molecule has 0 radical (unpaired) electrons. The highest BCUT2D eigenvalue weighted by atomic mass is 16.5. The largest absolute Gasteiger partial charge is 0.497 e. The highest BCUT2D eigenvalue weighted by molar-refractivity contribution is 6.02. The number of fused-ring (bicyclic) bond motifs is 1. The highest BCUT2D eigenvalue weighted by Crippen LogP contribution is 2.25. The number of carbonyl (C=O) groups excluding carboxylic acids is 2. The molecule has 1 aliphatic heterocycles. The number of methoxy groups -OCH3 is 1. The van der Waals surface area contributed by atoms with Gasteiger partial charge in [0.15, 0.2) is 11.4 Å². The summed E-state index contributed by atoms with van der Waals surface area (Å²) in [5.74, 6) is 0.524. The number of hydrogen-bond acceptors (Lipinski definition) is 7. The summed E-state index contributed by atoms with van der Waals surface area (Å²) in [5, 5.41) is 6.07. The van der Waals surface area contributed by atoms with Crippen molar-refractivity contribution in [2.24, 2.45) is 0 Å². The van der Waals surface area contributed by atoms with Crippen LogP contribution in [0.5, 0.6) is 5.75 Å². The summed E-state index contributed by atoms with van der Waals surface area (Å²) in [5.41, 5.74) is 2.47. The third-order valence-electron chi connectivity index (χ3n) is 4.52. The molecule has 4 rings (SSSR count). The van der Waals surface area contributed by atoms with Crippen LogP contribution in [0, 0.1) is 6.92 Å². The van der Waals surface area contributed by atoms with E-state index in [9.17, 15) is 9.59 Å². The van der Waals surface area contributed by atoms with Crippen molar-refractivity contribution in [3.8, 4) is 5.75 Å². The summed E-state index contributed by atoms with van der Waals surface area (Å²) < 4.78 is 15.3. The summed E-state index contributed by atoms with van der Waals surface area (Å²) in [7, 11) is 1.63. The molecule has 0 fully saturated rings. The quantitative estimate of drug-likeness (QED) is 0.738. The van der Waals surface area contributed by atoms with Crippen molar-refractivity contribution in [2.45, 2.75) is 19.9 Å². The van der Waals surface area contributed by atoms with Gasteiger partial charge in [-0.05, 0) is 36.6 Å². The molecular weight excluding hydrogens is 364 g/mol. The Hall–Kier alpha value is -3.62. The van der Waals surface area contributed by atoms with Gasteiger partial charge in [-0.2, -0.15) is 4.98 Å². The number of ether oxygens (including phenoxy) is 1. The predicted molar refractivity (Wildman–Crippen MR) is 97.1 cm³/mol. The van der Waals surface area contributed by atoms with Gasteiger partial charge >= 0.3 is 6.01 Å². The Morgan fingerprint density at radius 3 is 2.82 bits per heavy atom. The molecule has 0 saturated carbocycles. The number of benzene rings is 1. The lowest BCUT2D eigenvalue weighted by Crippen LogP contribution is -2.36. The predicted octanol–water partition coefficient (Wildman–Crippen LogP) is 2.43. The maximum atomic E-state index is 12.7. The first-order valence-corrected chi connectivity index (χ1v) is 8.69. The Kier molecular flexibility index (Phi) is 4.56. The van der Waals surface area contributed by atoms with E-state index in [1.807, 2.05) is 18.2 Å². The number of nitrogens with one attached hydrogen (secondary N) is 1. The molecular formula is C19H18N4O5. The van der Waals surface area contributed by atoms with Crippen molar-refractivity contribution in [1.82, 2.24) is 15.0 Å². The van der Waals surface area contributed by atoms with Gasteiger partial charge in [0, 0.05) is 19.2 Å². The van der Waals surface area contributed by atoms with Crippen molar-refractivity contribution >= 4 is 17.8 Å². The molecule has 9 heteroatoms. The molecule has 2 aromatic heterocycles. The second-order valence-corrected chi connectivity index (χ2v) is 6.43. The standard InChI is InChI=1S/C19H18N4O5/c1-11-7-15(22-28-11)17(24)21-19-20-16(10-27-19)18(25)23-6-5-12-8-14(26-2)4-3-13(12)9-23/h3-4,7-8,10H,5-6,9H2,1-2H3,(H,20,21,24). The first-order valence-electron chi connectivity index (χ1n) is 8.69. The molecule has 28 heavy (non-hydrogen) atoms. The van der Waals surface area contributed by atoms with Gasteiger partial charge < -0.3 is 18.6 Å². The summed E-state index contributed by atoms with van der Waals surface area (Å²) in [6.45, 7) is 2.72. The number of anilines is 1. The molecule has 0 saturated heterocycles. The van der Waals surface area contributed by atoms with E-state index in [0.29, 0.717) is 18.8 Å². The Bertz CT molecular complexity index is 1040. The lowest BCUT2D eigenvalue weighted by atomic mass is 9.99. The molecule has 2 amide bonds. The van der Waals surface area contributed by atoms with Crippen LogP contribution < -0.4 is 10.1 Å². The maximum Gasteiger partial charge on any atom is 0.302 e. The fraction of sp³-hybridized carbons (Fsp3) is 0.263. The van der Waals surface area contributed by atoms with Crippen LogP contribution in [-0.4, -0.2) is 40.5 Å². The van der Waals surface area contributed by atoms with Crippen molar-refractivity contribution in [3.05, 3.63) is 58.8 Å². The average Bonchev–Trinajstić information content (AvgIpc) is 3.35. The van der Waals surface area contributed by atoms with Gasteiger partial charge in [-0.25, -0.2) is 0 Å². The number of aromatic nitrogens is 2. The first-order chi connectivity index (χ1) is 13.5. The Balaban J connectivity index is 1.43. The topological polar surface area (TPSA) is 111 Å². The van der Waals surface area contributed by atoms with E-state index in [1.54, 1.807) is 18.9 Å². The minimum atomic E-state index is -0.529. The number of nitrogens with zero attached hydrogens (tertiary/aromatic N) is 3. The average molecular weight is 382 g/mol. The van der Waals surface area contributed by atoms with Crippen LogP contribution in [0.1, 0.15) is 37.9 Å². The zero-order valence-corrected chi connectivity index (χ0v) is 15.4. The lowest BCUT2D eigenvalue weighted by molar-refractivity contribution is 0.0728. The molecule has 9 nitrogen and oxygen atoms in total. The molecule has 0 spiro atoms. The van der Waals surface area contributed by atoms with Gasteiger partial charge in [0.1, 0.15) is 17.8 Å². The summed E-state index contributed by atoms with van der Waals surface area (Å²) in [6, 6.07) is 7.25. The van der Waals surface area contributed by atoms with Crippen LogP contribution >= 0.6 is 0 Å². The summed E-state index contributed by atoms with van der Waals surface area (Å²) in [6.07, 6.45) is 1.96. The van der Waals surface area contributed by atoms with Crippen LogP contribution in [0.15, 0.2) is 39.5 Å². The number of hydrogen-bond donors (Lipinski definition) is 1. The summed E-state index contributed by atoms with van der Waals surface area (Å²) in [4.78, 5) is 30.6.